The molecule has 0 fully saturated rings. The summed E-state index contributed by atoms with van der Waals surface area (Å²) in [5.41, 5.74) is 6.12. The molecule has 2 aromatic heterocycles. The molecule has 1 aromatic carbocycles. The van der Waals surface area contributed by atoms with Crippen LogP contribution in [0.25, 0.3) is 16.9 Å². The Bertz CT molecular complexity index is 916. The summed E-state index contributed by atoms with van der Waals surface area (Å²) in [6.07, 6.45) is 6.99. The van der Waals surface area contributed by atoms with Crippen molar-refractivity contribution in [1.82, 2.24) is 14.4 Å². The predicted octanol–water partition coefficient (Wildman–Crippen LogP) is 5.86. The summed E-state index contributed by atoms with van der Waals surface area (Å²) in [6.45, 7) is 12.8. The molecule has 0 unspecified atom stereocenters. The van der Waals surface area contributed by atoms with Crippen molar-refractivity contribution in [3.8, 4) is 11.3 Å². The van der Waals surface area contributed by atoms with Crippen molar-refractivity contribution < 1.29 is 0 Å². The van der Waals surface area contributed by atoms with Crippen LogP contribution in [0.3, 0.4) is 0 Å². The maximum atomic E-state index is 6.62. The molecule has 0 saturated carbocycles. The fourth-order valence-electron chi connectivity index (χ4n) is 3.84. The van der Waals surface area contributed by atoms with Gasteiger partial charge in [0.15, 0.2) is 5.65 Å². The van der Waals surface area contributed by atoms with Gasteiger partial charge in [0, 0.05) is 31.0 Å². The number of hydrogen-bond acceptors (Lipinski definition) is 3. The van der Waals surface area contributed by atoms with E-state index in [4.69, 9.17) is 16.6 Å². The number of aromatic nitrogens is 3. The predicted molar refractivity (Wildman–Crippen MR) is 115 cm³/mol. The molecule has 0 saturated heterocycles. The number of halogens is 1. The van der Waals surface area contributed by atoms with Crippen LogP contribution in [0, 0.1) is 13.8 Å². The standard InChI is InChI=1S/C22H29ClN4/c1-6-10-26(11-7-2)22-18(8-3)25-21-20(24-9-12-27(21)22)19-16(5)13-15(4)14-17(19)23/h9,12-14H,6-8,10-11H2,1-5H3. The van der Waals surface area contributed by atoms with E-state index >= 15 is 0 Å². The Hall–Kier alpha value is -2.07. The zero-order chi connectivity index (χ0) is 19.6. The largest absolute Gasteiger partial charge is 0.356 e. The minimum atomic E-state index is 0.731. The Morgan fingerprint density at radius 2 is 1.78 bits per heavy atom. The number of rotatable bonds is 7. The van der Waals surface area contributed by atoms with E-state index in [0.29, 0.717) is 0 Å². The lowest BCUT2D eigenvalue weighted by Crippen LogP contribution is -2.27. The first kappa shape index (κ1) is 19.7. The lowest BCUT2D eigenvalue weighted by Gasteiger charge is -2.24. The van der Waals surface area contributed by atoms with Gasteiger partial charge < -0.3 is 4.90 Å². The SMILES string of the molecule is CCCN(CCC)c1c(CC)nc2c(-c3c(C)cc(C)cc3Cl)nccn12. The van der Waals surface area contributed by atoms with Crippen molar-refractivity contribution in [2.45, 2.75) is 53.9 Å². The Morgan fingerprint density at radius 1 is 1.07 bits per heavy atom. The topological polar surface area (TPSA) is 33.4 Å². The summed E-state index contributed by atoms with van der Waals surface area (Å²) in [5, 5.41) is 0.731. The Morgan fingerprint density at radius 3 is 2.37 bits per heavy atom. The summed E-state index contributed by atoms with van der Waals surface area (Å²) >= 11 is 6.62. The lowest BCUT2D eigenvalue weighted by molar-refractivity contribution is 0.725. The van der Waals surface area contributed by atoms with Gasteiger partial charge in [0.05, 0.1) is 10.7 Å². The van der Waals surface area contributed by atoms with Crippen LogP contribution in [0.1, 0.15) is 50.4 Å². The molecule has 0 amide bonds. The minimum absolute atomic E-state index is 0.731. The third-order valence-electron chi connectivity index (χ3n) is 4.88. The van der Waals surface area contributed by atoms with Gasteiger partial charge in [-0.2, -0.15) is 0 Å². The zero-order valence-corrected chi connectivity index (χ0v) is 17.8. The highest BCUT2D eigenvalue weighted by Crippen LogP contribution is 2.35. The van der Waals surface area contributed by atoms with Gasteiger partial charge in [0.1, 0.15) is 11.5 Å². The van der Waals surface area contributed by atoms with Gasteiger partial charge in [-0.3, -0.25) is 9.38 Å². The van der Waals surface area contributed by atoms with E-state index in [-0.39, 0.29) is 0 Å². The summed E-state index contributed by atoms with van der Waals surface area (Å²) in [7, 11) is 0. The normalized spacial score (nSPS) is 11.3. The monoisotopic (exact) mass is 384 g/mol. The van der Waals surface area contributed by atoms with Gasteiger partial charge in [-0.25, -0.2) is 4.98 Å². The van der Waals surface area contributed by atoms with E-state index in [0.717, 1.165) is 71.1 Å². The molecule has 144 valence electrons. The molecule has 3 aromatic rings. The molecule has 3 rings (SSSR count). The van der Waals surface area contributed by atoms with Crippen molar-refractivity contribution in [3.63, 3.8) is 0 Å². The maximum absolute atomic E-state index is 6.62. The maximum Gasteiger partial charge on any atom is 0.165 e. The van der Waals surface area contributed by atoms with E-state index in [2.05, 4.69) is 55.0 Å². The highest BCUT2D eigenvalue weighted by molar-refractivity contribution is 6.33. The van der Waals surface area contributed by atoms with Crippen LogP contribution < -0.4 is 4.90 Å². The molecule has 0 aliphatic heterocycles. The van der Waals surface area contributed by atoms with E-state index < -0.39 is 0 Å². The number of nitrogens with zero attached hydrogens (tertiary/aromatic N) is 4. The summed E-state index contributed by atoms with van der Waals surface area (Å²) in [6, 6.07) is 4.15. The molecule has 0 aliphatic carbocycles. The van der Waals surface area contributed by atoms with Crippen LogP contribution in [-0.2, 0) is 6.42 Å². The number of aryl methyl sites for hydroxylation is 3. The highest BCUT2D eigenvalue weighted by Gasteiger charge is 2.21. The first-order valence-electron chi connectivity index (χ1n) is 9.89. The van der Waals surface area contributed by atoms with Crippen molar-refractivity contribution >= 4 is 23.1 Å². The molecule has 0 aliphatic rings. The molecule has 4 nitrogen and oxygen atoms in total. The number of benzene rings is 1. The van der Waals surface area contributed by atoms with Crippen molar-refractivity contribution in [2.24, 2.45) is 0 Å². The number of anilines is 1. The second-order valence-corrected chi connectivity index (χ2v) is 7.54. The van der Waals surface area contributed by atoms with Crippen molar-refractivity contribution in [1.29, 1.82) is 0 Å². The number of fused-ring (bicyclic) bond motifs is 1. The van der Waals surface area contributed by atoms with E-state index in [1.807, 2.05) is 18.5 Å². The summed E-state index contributed by atoms with van der Waals surface area (Å²) in [4.78, 5) is 12.1. The highest BCUT2D eigenvalue weighted by atomic mass is 35.5. The third kappa shape index (κ3) is 3.68. The fourth-order valence-corrected chi connectivity index (χ4v) is 4.25. The smallest absolute Gasteiger partial charge is 0.165 e. The quantitative estimate of drug-likeness (QED) is 0.511. The molecule has 0 atom stereocenters. The van der Waals surface area contributed by atoms with Crippen LogP contribution >= 0.6 is 11.6 Å². The molecule has 27 heavy (non-hydrogen) atoms. The zero-order valence-electron chi connectivity index (χ0n) is 17.0. The van der Waals surface area contributed by atoms with E-state index in [1.165, 1.54) is 5.82 Å². The Kier molecular flexibility index (Phi) is 6.05. The van der Waals surface area contributed by atoms with Gasteiger partial charge >= 0.3 is 0 Å². The molecule has 0 N–H and O–H groups in total. The average Bonchev–Trinajstić information content (AvgIpc) is 3.00. The van der Waals surface area contributed by atoms with Crippen LogP contribution in [0.5, 0.6) is 0 Å². The Labute approximate surface area is 167 Å². The van der Waals surface area contributed by atoms with Gasteiger partial charge in [-0.15, -0.1) is 0 Å². The fraction of sp³-hybridized carbons (Fsp3) is 0.455. The number of hydrogen-bond donors (Lipinski definition) is 0. The van der Waals surface area contributed by atoms with Gasteiger partial charge in [0.2, 0.25) is 0 Å². The second kappa shape index (κ2) is 8.30. The second-order valence-electron chi connectivity index (χ2n) is 7.13. The van der Waals surface area contributed by atoms with Crippen LogP contribution in [0.2, 0.25) is 5.02 Å². The average molecular weight is 385 g/mol. The number of imidazole rings is 1. The molecule has 0 radical (unpaired) electrons. The van der Waals surface area contributed by atoms with Gasteiger partial charge in [-0.1, -0.05) is 38.4 Å². The van der Waals surface area contributed by atoms with Gasteiger partial charge in [-0.05, 0) is 50.3 Å². The van der Waals surface area contributed by atoms with Crippen LogP contribution in [0.4, 0.5) is 5.82 Å². The van der Waals surface area contributed by atoms with E-state index in [9.17, 15) is 0 Å². The summed E-state index contributed by atoms with van der Waals surface area (Å²) < 4.78 is 2.20. The molecule has 0 bridgehead atoms. The molecular formula is C22H29ClN4. The van der Waals surface area contributed by atoms with Crippen LogP contribution in [0.15, 0.2) is 24.5 Å². The minimum Gasteiger partial charge on any atom is -0.356 e. The first-order valence-corrected chi connectivity index (χ1v) is 10.3. The van der Waals surface area contributed by atoms with Crippen LogP contribution in [-0.4, -0.2) is 27.5 Å². The van der Waals surface area contributed by atoms with Gasteiger partial charge in [0.25, 0.3) is 0 Å². The Balaban J connectivity index is 2.27. The molecule has 0 spiro atoms. The molecule has 5 heteroatoms. The third-order valence-corrected chi connectivity index (χ3v) is 5.17. The molecular weight excluding hydrogens is 356 g/mol. The van der Waals surface area contributed by atoms with Crippen molar-refractivity contribution in [2.75, 3.05) is 18.0 Å². The lowest BCUT2D eigenvalue weighted by atomic mass is 10.0. The molecule has 2 heterocycles. The summed E-state index contributed by atoms with van der Waals surface area (Å²) in [5.74, 6) is 1.20. The first-order chi connectivity index (χ1) is 13.0. The van der Waals surface area contributed by atoms with Crippen molar-refractivity contribution in [3.05, 3.63) is 46.4 Å². The van der Waals surface area contributed by atoms with E-state index in [1.54, 1.807) is 0 Å².